The highest BCUT2D eigenvalue weighted by Gasteiger charge is 2.20. The van der Waals surface area contributed by atoms with Crippen molar-refractivity contribution in [3.8, 4) is 33.9 Å². The van der Waals surface area contributed by atoms with Gasteiger partial charge in [0.2, 0.25) is 11.2 Å². The van der Waals surface area contributed by atoms with Gasteiger partial charge in [-0.25, -0.2) is 0 Å². The number of hydrogen-bond acceptors (Lipinski definition) is 6. The molecule has 4 rings (SSSR count). The normalized spacial score (nSPS) is 11.3. The summed E-state index contributed by atoms with van der Waals surface area (Å²) in [5, 5.41) is 20.7. The molecule has 0 amide bonds. The standard InChI is InChI=1S/C23H19ClN2O4/c1-26(2)12-13-9-16(14-5-7-25-8-6-14)23-17(10-13)20(28)21(29)22(30-23)15-3-4-19(27)18(24)11-15/h3-11,27,29H,12H2,1-2H3. The summed E-state index contributed by atoms with van der Waals surface area (Å²) in [6.45, 7) is 0.615. The number of fused-ring (bicyclic) bond motifs is 1. The molecule has 152 valence electrons. The van der Waals surface area contributed by atoms with E-state index in [1.807, 2.05) is 37.2 Å². The van der Waals surface area contributed by atoms with Crippen molar-refractivity contribution in [2.24, 2.45) is 0 Å². The Morgan fingerprint density at radius 3 is 2.43 bits per heavy atom. The summed E-state index contributed by atoms with van der Waals surface area (Å²) in [4.78, 5) is 19.1. The number of phenolic OH excluding ortho intramolecular Hbond substituents is 1. The predicted molar refractivity (Wildman–Crippen MR) is 117 cm³/mol. The topological polar surface area (TPSA) is 86.8 Å². The van der Waals surface area contributed by atoms with Crippen LogP contribution in [0.1, 0.15) is 5.56 Å². The first-order chi connectivity index (χ1) is 14.3. The van der Waals surface area contributed by atoms with E-state index in [0.29, 0.717) is 17.7 Å². The molecule has 0 aliphatic carbocycles. The van der Waals surface area contributed by atoms with Gasteiger partial charge in [-0.1, -0.05) is 11.6 Å². The minimum atomic E-state index is -0.536. The van der Waals surface area contributed by atoms with Crippen LogP contribution in [-0.2, 0) is 6.54 Å². The van der Waals surface area contributed by atoms with E-state index in [-0.39, 0.29) is 21.9 Å². The van der Waals surface area contributed by atoms with Gasteiger partial charge in [0.15, 0.2) is 5.76 Å². The van der Waals surface area contributed by atoms with Gasteiger partial charge in [-0.2, -0.15) is 0 Å². The fourth-order valence-corrected chi connectivity index (χ4v) is 3.57. The number of phenols is 1. The van der Waals surface area contributed by atoms with Crippen LogP contribution in [0, 0.1) is 0 Å². The average Bonchev–Trinajstić information content (AvgIpc) is 2.73. The summed E-state index contributed by atoms with van der Waals surface area (Å²) in [5.74, 6) is -0.620. The third-order valence-electron chi connectivity index (χ3n) is 4.73. The van der Waals surface area contributed by atoms with Crippen molar-refractivity contribution in [1.29, 1.82) is 0 Å². The molecule has 0 aliphatic rings. The molecule has 2 N–H and O–H groups in total. The maximum atomic E-state index is 13.1. The van der Waals surface area contributed by atoms with Gasteiger partial charge < -0.3 is 19.5 Å². The summed E-state index contributed by atoms with van der Waals surface area (Å²) in [5.41, 5.74) is 2.66. The molecule has 2 aromatic heterocycles. The van der Waals surface area contributed by atoms with E-state index in [2.05, 4.69) is 4.98 Å². The molecule has 0 bridgehead atoms. The van der Waals surface area contributed by atoms with Crippen LogP contribution < -0.4 is 5.43 Å². The molecule has 0 saturated carbocycles. The zero-order chi connectivity index (χ0) is 21.4. The Kier molecular flexibility index (Phi) is 5.20. The summed E-state index contributed by atoms with van der Waals surface area (Å²) in [6.07, 6.45) is 3.33. The molecule has 0 saturated heterocycles. The van der Waals surface area contributed by atoms with E-state index in [9.17, 15) is 15.0 Å². The van der Waals surface area contributed by atoms with Crippen molar-refractivity contribution in [2.75, 3.05) is 14.1 Å². The molecule has 0 atom stereocenters. The highest BCUT2D eigenvalue weighted by molar-refractivity contribution is 6.32. The van der Waals surface area contributed by atoms with Crippen LogP contribution in [0.5, 0.6) is 11.5 Å². The highest BCUT2D eigenvalue weighted by atomic mass is 35.5. The van der Waals surface area contributed by atoms with E-state index >= 15 is 0 Å². The van der Waals surface area contributed by atoms with Crippen molar-refractivity contribution < 1.29 is 14.6 Å². The van der Waals surface area contributed by atoms with Gasteiger partial charge in [0.1, 0.15) is 11.3 Å². The second-order valence-electron chi connectivity index (χ2n) is 7.27. The Labute approximate surface area is 177 Å². The van der Waals surface area contributed by atoms with Crippen molar-refractivity contribution in [3.63, 3.8) is 0 Å². The van der Waals surface area contributed by atoms with Gasteiger partial charge in [-0.15, -0.1) is 0 Å². The maximum absolute atomic E-state index is 13.1. The minimum absolute atomic E-state index is 0.00920. The largest absolute Gasteiger partial charge is 0.506 e. The van der Waals surface area contributed by atoms with E-state index in [1.54, 1.807) is 18.5 Å². The molecule has 7 heteroatoms. The summed E-state index contributed by atoms with van der Waals surface area (Å²) < 4.78 is 6.08. The number of rotatable bonds is 4. The Bertz CT molecular complexity index is 1300. The Hall–Kier alpha value is -3.35. The number of aromatic hydroxyl groups is 2. The van der Waals surface area contributed by atoms with Crippen molar-refractivity contribution >= 4 is 22.6 Å². The van der Waals surface area contributed by atoms with Gasteiger partial charge >= 0.3 is 0 Å². The molecule has 4 aromatic rings. The quantitative estimate of drug-likeness (QED) is 0.498. The lowest BCUT2D eigenvalue weighted by Crippen LogP contribution is -2.12. The molecule has 30 heavy (non-hydrogen) atoms. The summed E-state index contributed by atoms with van der Waals surface area (Å²) >= 11 is 6.01. The first kappa shape index (κ1) is 19.9. The van der Waals surface area contributed by atoms with E-state index in [0.717, 1.165) is 16.7 Å². The fraction of sp³-hybridized carbons (Fsp3) is 0.130. The van der Waals surface area contributed by atoms with E-state index in [4.69, 9.17) is 16.0 Å². The first-order valence-corrected chi connectivity index (χ1v) is 9.59. The Balaban J connectivity index is 2.05. The van der Waals surface area contributed by atoms with Crippen LogP contribution in [0.25, 0.3) is 33.4 Å². The van der Waals surface area contributed by atoms with Crippen LogP contribution >= 0.6 is 11.6 Å². The lowest BCUT2D eigenvalue weighted by Gasteiger charge is -2.15. The average molecular weight is 423 g/mol. The lowest BCUT2D eigenvalue weighted by molar-refractivity contribution is 0.402. The van der Waals surface area contributed by atoms with Gasteiger partial charge in [0, 0.05) is 30.1 Å². The lowest BCUT2D eigenvalue weighted by atomic mass is 9.99. The first-order valence-electron chi connectivity index (χ1n) is 9.22. The SMILES string of the molecule is CN(C)Cc1cc(-c2ccncc2)c2oc(-c3ccc(O)c(Cl)c3)c(O)c(=O)c2c1. The zero-order valence-electron chi connectivity index (χ0n) is 16.4. The third kappa shape index (κ3) is 3.63. The van der Waals surface area contributed by atoms with Gasteiger partial charge in [0.05, 0.1) is 10.4 Å². The van der Waals surface area contributed by atoms with Crippen LogP contribution in [0.2, 0.25) is 5.02 Å². The molecule has 0 aliphatic heterocycles. The van der Waals surface area contributed by atoms with Crippen LogP contribution in [0.15, 0.2) is 64.1 Å². The Morgan fingerprint density at radius 2 is 1.77 bits per heavy atom. The van der Waals surface area contributed by atoms with Crippen LogP contribution in [-0.4, -0.2) is 34.2 Å². The number of aromatic nitrogens is 1. The minimum Gasteiger partial charge on any atom is -0.506 e. The fourth-order valence-electron chi connectivity index (χ4n) is 3.39. The van der Waals surface area contributed by atoms with Crippen LogP contribution in [0.4, 0.5) is 0 Å². The monoisotopic (exact) mass is 422 g/mol. The molecule has 0 unspecified atom stereocenters. The van der Waals surface area contributed by atoms with Gasteiger partial charge in [0.25, 0.3) is 0 Å². The van der Waals surface area contributed by atoms with Crippen molar-refractivity contribution in [2.45, 2.75) is 6.54 Å². The number of pyridine rings is 1. The molecule has 6 nitrogen and oxygen atoms in total. The summed E-state index contributed by atoms with van der Waals surface area (Å²) in [6, 6.07) is 11.7. The van der Waals surface area contributed by atoms with Crippen molar-refractivity contribution in [3.05, 3.63) is 75.7 Å². The smallest absolute Gasteiger partial charge is 0.235 e. The second-order valence-corrected chi connectivity index (χ2v) is 7.68. The maximum Gasteiger partial charge on any atom is 0.235 e. The molecular formula is C23H19ClN2O4. The van der Waals surface area contributed by atoms with E-state index in [1.165, 1.54) is 18.2 Å². The number of benzene rings is 2. The van der Waals surface area contributed by atoms with E-state index < -0.39 is 11.2 Å². The summed E-state index contributed by atoms with van der Waals surface area (Å²) in [7, 11) is 3.88. The number of nitrogens with zero attached hydrogens (tertiary/aromatic N) is 2. The van der Waals surface area contributed by atoms with Crippen molar-refractivity contribution in [1.82, 2.24) is 9.88 Å². The zero-order valence-corrected chi connectivity index (χ0v) is 17.1. The molecular weight excluding hydrogens is 404 g/mol. The third-order valence-corrected chi connectivity index (χ3v) is 5.03. The highest BCUT2D eigenvalue weighted by Crippen LogP contribution is 2.37. The van der Waals surface area contributed by atoms with Gasteiger partial charge in [-0.3, -0.25) is 9.78 Å². The molecule has 2 heterocycles. The molecule has 0 fully saturated rings. The Morgan fingerprint density at radius 1 is 1.03 bits per heavy atom. The molecule has 0 spiro atoms. The molecule has 0 radical (unpaired) electrons. The van der Waals surface area contributed by atoms with Crippen LogP contribution in [0.3, 0.4) is 0 Å². The number of hydrogen-bond donors (Lipinski definition) is 2. The second kappa shape index (κ2) is 7.82. The predicted octanol–water partition coefficient (Wildman–Crippen LogP) is 4.65. The van der Waals surface area contributed by atoms with Gasteiger partial charge in [-0.05, 0) is 67.7 Å². The molecule has 2 aromatic carbocycles. The number of halogens is 1.